The lowest BCUT2D eigenvalue weighted by molar-refractivity contribution is 0.410. The fraction of sp³-hybridized carbons (Fsp3) is 0.227. The Kier molecular flexibility index (Phi) is 4.92. The molecule has 2 aromatic carbocycles. The first kappa shape index (κ1) is 19.3. The lowest BCUT2D eigenvalue weighted by atomic mass is 10.00. The summed E-state index contributed by atoms with van der Waals surface area (Å²) < 4.78 is 49.1. The van der Waals surface area contributed by atoms with Crippen LogP contribution in [0.4, 0.5) is 13.2 Å². The predicted octanol–water partition coefficient (Wildman–Crippen LogP) is 3.96. The lowest BCUT2D eigenvalue weighted by Crippen LogP contribution is -2.37. The summed E-state index contributed by atoms with van der Waals surface area (Å²) in [6.07, 6.45) is 0.590. The summed E-state index contributed by atoms with van der Waals surface area (Å²) in [6.45, 7) is 2.60. The second-order valence-electron chi connectivity index (χ2n) is 7.13. The van der Waals surface area contributed by atoms with Gasteiger partial charge in [0.25, 0.3) is 5.56 Å². The smallest absolute Gasteiger partial charge is 0.255 e. The summed E-state index contributed by atoms with van der Waals surface area (Å²) in [5.41, 5.74) is 1.70. The lowest BCUT2D eigenvalue weighted by Gasteiger charge is -2.27. The predicted molar refractivity (Wildman–Crippen MR) is 104 cm³/mol. The van der Waals surface area contributed by atoms with E-state index >= 15 is 4.39 Å². The zero-order valence-electron chi connectivity index (χ0n) is 15.9. The van der Waals surface area contributed by atoms with Crippen molar-refractivity contribution in [3.63, 3.8) is 0 Å². The van der Waals surface area contributed by atoms with Gasteiger partial charge in [0, 0.05) is 48.5 Å². The van der Waals surface area contributed by atoms with Crippen molar-refractivity contribution in [1.82, 2.24) is 9.88 Å². The largest absolute Gasteiger partial charge is 0.495 e. The van der Waals surface area contributed by atoms with E-state index in [1.165, 1.54) is 29.9 Å². The van der Waals surface area contributed by atoms with Gasteiger partial charge < -0.3 is 10.1 Å². The summed E-state index contributed by atoms with van der Waals surface area (Å²) in [5, 5.41) is 3.33. The number of benzene rings is 2. The Morgan fingerprint density at radius 1 is 1.07 bits per heavy atom. The number of methoxy groups -OCH3 is 1. The molecule has 0 amide bonds. The maximum absolute atomic E-state index is 15.0. The summed E-state index contributed by atoms with van der Waals surface area (Å²) >= 11 is 0. The zero-order valence-corrected chi connectivity index (χ0v) is 15.9. The van der Waals surface area contributed by atoms with E-state index in [0.717, 1.165) is 29.5 Å². The highest BCUT2D eigenvalue weighted by molar-refractivity contribution is 5.69. The van der Waals surface area contributed by atoms with Gasteiger partial charge in [-0.15, -0.1) is 0 Å². The summed E-state index contributed by atoms with van der Waals surface area (Å²) in [6, 6.07) is 8.69. The molecule has 7 heteroatoms. The Morgan fingerprint density at radius 3 is 2.48 bits per heavy atom. The first-order chi connectivity index (χ1) is 13.9. The first-order valence-corrected chi connectivity index (χ1v) is 9.19. The molecule has 0 radical (unpaired) electrons. The van der Waals surface area contributed by atoms with Crippen molar-refractivity contribution in [2.24, 2.45) is 0 Å². The van der Waals surface area contributed by atoms with Gasteiger partial charge in [0.2, 0.25) is 0 Å². The molecule has 3 aromatic rings. The SMILES string of the molecule is COc1cc(-c2cc(F)cc(F)c2)c(F)cc1-n1c2c(ccc1=O)CNC(C)C2. The van der Waals surface area contributed by atoms with Crippen molar-refractivity contribution in [3.05, 3.63) is 81.5 Å². The highest BCUT2D eigenvalue weighted by Crippen LogP contribution is 2.34. The number of nitrogens with one attached hydrogen (secondary N) is 1. The van der Waals surface area contributed by atoms with Gasteiger partial charge in [0.05, 0.1) is 12.8 Å². The Balaban J connectivity index is 1.93. The number of hydrogen-bond acceptors (Lipinski definition) is 3. The van der Waals surface area contributed by atoms with Gasteiger partial charge in [-0.05, 0) is 36.2 Å². The monoisotopic (exact) mass is 400 g/mol. The second-order valence-corrected chi connectivity index (χ2v) is 7.13. The Bertz CT molecular complexity index is 1140. The van der Waals surface area contributed by atoms with E-state index in [2.05, 4.69) is 5.32 Å². The first-order valence-electron chi connectivity index (χ1n) is 9.19. The van der Waals surface area contributed by atoms with E-state index < -0.39 is 17.5 Å². The van der Waals surface area contributed by atoms with E-state index in [-0.39, 0.29) is 34.2 Å². The molecule has 1 unspecified atom stereocenters. The third kappa shape index (κ3) is 3.53. The fourth-order valence-electron chi connectivity index (χ4n) is 3.72. The van der Waals surface area contributed by atoms with Crippen LogP contribution in [0.2, 0.25) is 0 Å². The molecular weight excluding hydrogens is 381 g/mol. The molecule has 1 atom stereocenters. The molecule has 1 aromatic heterocycles. The molecule has 0 saturated carbocycles. The average molecular weight is 400 g/mol. The molecule has 4 rings (SSSR count). The van der Waals surface area contributed by atoms with Gasteiger partial charge >= 0.3 is 0 Å². The summed E-state index contributed by atoms with van der Waals surface area (Å²) in [5.74, 6) is -2.10. The fourth-order valence-corrected chi connectivity index (χ4v) is 3.72. The van der Waals surface area contributed by atoms with Crippen LogP contribution in [0.1, 0.15) is 18.2 Å². The minimum absolute atomic E-state index is 0.0168. The minimum atomic E-state index is -0.808. The minimum Gasteiger partial charge on any atom is -0.495 e. The van der Waals surface area contributed by atoms with E-state index in [4.69, 9.17) is 4.74 Å². The van der Waals surface area contributed by atoms with E-state index in [1.54, 1.807) is 6.07 Å². The topological polar surface area (TPSA) is 43.3 Å². The molecular formula is C22H19F3N2O2. The zero-order chi connectivity index (χ0) is 20.7. The molecule has 150 valence electrons. The van der Waals surface area contributed by atoms with E-state index in [1.807, 2.05) is 6.92 Å². The van der Waals surface area contributed by atoms with E-state index in [0.29, 0.717) is 13.0 Å². The normalized spacial score (nSPS) is 15.8. The number of halogens is 3. The quantitative estimate of drug-likeness (QED) is 0.724. The Labute approximate surface area is 165 Å². The number of pyridine rings is 1. The Morgan fingerprint density at radius 2 is 1.79 bits per heavy atom. The van der Waals surface area contributed by atoms with Crippen LogP contribution < -0.4 is 15.6 Å². The molecule has 1 N–H and O–H groups in total. The van der Waals surface area contributed by atoms with Crippen LogP contribution in [0.3, 0.4) is 0 Å². The second kappa shape index (κ2) is 7.40. The number of fused-ring (bicyclic) bond motifs is 1. The van der Waals surface area contributed by atoms with Crippen LogP contribution >= 0.6 is 0 Å². The molecule has 0 spiro atoms. The third-order valence-corrected chi connectivity index (χ3v) is 5.11. The Hall–Kier alpha value is -3.06. The standard InChI is InChI=1S/C22H19F3N2O2/c1-12-5-19-13(11-26-12)3-4-22(28)27(19)20-10-18(25)17(9-21(20)29-2)14-6-15(23)8-16(24)7-14/h3-4,6-10,12,26H,5,11H2,1-2H3. The molecule has 0 fully saturated rings. The van der Waals surface area contributed by atoms with Crippen LogP contribution in [-0.4, -0.2) is 17.7 Å². The van der Waals surface area contributed by atoms with Gasteiger partial charge in [-0.1, -0.05) is 6.07 Å². The van der Waals surface area contributed by atoms with Crippen molar-refractivity contribution >= 4 is 0 Å². The van der Waals surface area contributed by atoms with Crippen molar-refractivity contribution in [2.75, 3.05) is 7.11 Å². The highest BCUT2D eigenvalue weighted by atomic mass is 19.1. The highest BCUT2D eigenvalue weighted by Gasteiger charge is 2.22. The number of aromatic nitrogens is 1. The van der Waals surface area contributed by atoms with Crippen molar-refractivity contribution in [1.29, 1.82) is 0 Å². The summed E-state index contributed by atoms with van der Waals surface area (Å²) in [7, 11) is 1.40. The van der Waals surface area contributed by atoms with Gasteiger partial charge in [0.1, 0.15) is 23.2 Å². The molecule has 2 heterocycles. The maximum atomic E-state index is 15.0. The maximum Gasteiger partial charge on any atom is 0.255 e. The average Bonchev–Trinajstić information content (AvgIpc) is 2.67. The number of hydrogen-bond donors (Lipinski definition) is 1. The molecule has 1 aliphatic rings. The number of ether oxygens (including phenoxy) is 1. The molecule has 0 aliphatic carbocycles. The van der Waals surface area contributed by atoms with Crippen LogP contribution in [-0.2, 0) is 13.0 Å². The van der Waals surface area contributed by atoms with Gasteiger partial charge in [-0.2, -0.15) is 0 Å². The van der Waals surface area contributed by atoms with Crippen molar-refractivity contribution < 1.29 is 17.9 Å². The molecule has 0 saturated heterocycles. The number of nitrogens with zero attached hydrogens (tertiary/aromatic N) is 1. The van der Waals surface area contributed by atoms with Gasteiger partial charge in [-0.3, -0.25) is 9.36 Å². The molecule has 29 heavy (non-hydrogen) atoms. The molecule has 0 bridgehead atoms. The third-order valence-electron chi connectivity index (χ3n) is 5.11. The van der Waals surface area contributed by atoms with Gasteiger partial charge in [0.15, 0.2) is 0 Å². The summed E-state index contributed by atoms with van der Waals surface area (Å²) in [4.78, 5) is 12.7. The van der Waals surface area contributed by atoms with Crippen LogP contribution in [0.5, 0.6) is 5.75 Å². The number of rotatable bonds is 3. The van der Waals surface area contributed by atoms with Crippen LogP contribution in [0.25, 0.3) is 16.8 Å². The van der Waals surface area contributed by atoms with Crippen LogP contribution in [0, 0.1) is 17.5 Å². The van der Waals surface area contributed by atoms with Crippen LogP contribution in [0.15, 0.2) is 47.3 Å². The van der Waals surface area contributed by atoms with Crippen molar-refractivity contribution in [3.8, 4) is 22.6 Å². The van der Waals surface area contributed by atoms with Crippen molar-refractivity contribution in [2.45, 2.75) is 25.9 Å². The van der Waals surface area contributed by atoms with Gasteiger partial charge in [-0.25, -0.2) is 13.2 Å². The molecule has 1 aliphatic heterocycles. The van der Waals surface area contributed by atoms with E-state index in [9.17, 15) is 13.6 Å². The molecule has 4 nitrogen and oxygen atoms in total.